The minimum absolute atomic E-state index is 0.00685. The van der Waals surface area contributed by atoms with E-state index in [9.17, 15) is 24.6 Å². The van der Waals surface area contributed by atoms with Gasteiger partial charge in [0.2, 0.25) is 0 Å². The van der Waals surface area contributed by atoms with Crippen molar-refractivity contribution in [2.45, 2.75) is 115 Å². The first-order valence-electron chi connectivity index (χ1n) is 19.2. The topological polar surface area (TPSA) is 122 Å². The molecule has 51 heavy (non-hydrogen) atoms. The standard InChI is InChI=1S/C41H61BN4O5/c1-29(2)23-37(47)39(49)35(25-31-15-9-6-10-16-31)43-41(51)36(27-42-3)44-40(50)34(24-30-13-7-5-8-14-30)26-38(48)45(4)21-22-46-20-19-32-17-11-12-18-33(32)28-46/h5,7-8,11-14,17-18,29,31,34-37,39,47,49H,3,6,9-10,15-16,19-28H2,1-2,4H3,(H,43,51)(H,44,50)/t34?,35?,36?,37-,39?/m0/s1. The number of carbonyl (C=O) groups excluding carboxylic acids is 3. The zero-order valence-corrected chi connectivity index (χ0v) is 31.1. The van der Waals surface area contributed by atoms with E-state index >= 15 is 0 Å². The molecule has 10 heteroatoms. The summed E-state index contributed by atoms with van der Waals surface area (Å²) in [6.07, 6.45) is 5.90. The zero-order chi connectivity index (χ0) is 36.8. The SMILES string of the molecule is C=BCC(NC(=O)C(CC(=O)N(C)CCN1CCc2ccccc2C1)Cc1ccccc1)C(=O)NC(CC1CCCCC1)C(O)[C@@H](O)CC(C)C. The van der Waals surface area contributed by atoms with Gasteiger partial charge in [0, 0.05) is 0 Å². The monoisotopic (exact) mass is 700 g/mol. The summed E-state index contributed by atoms with van der Waals surface area (Å²) in [5.74, 6) is -1.09. The van der Waals surface area contributed by atoms with E-state index in [1.807, 2.05) is 44.2 Å². The zero-order valence-electron chi connectivity index (χ0n) is 31.1. The number of fused-ring (bicyclic) bond motifs is 1. The molecular weight excluding hydrogens is 639 g/mol. The van der Waals surface area contributed by atoms with Crippen molar-refractivity contribution >= 4 is 31.1 Å². The molecule has 2 aliphatic rings. The molecule has 1 aliphatic carbocycles. The number of carbonyl (C=O) groups is 3. The van der Waals surface area contributed by atoms with Crippen LogP contribution < -0.4 is 10.6 Å². The van der Waals surface area contributed by atoms with Crippen LogP contribution in [0.5, 0.6) is 0 Å². The quantitative estimate of drug-likeness (QED) is 0.165. The summed E-state index contributed by atoms with van der Waals surface area (Å²) >= 11 is 0. The third-order valence-electron chi connectivity index (χ3n) is 10.7. The van der Waals surface area contributed by atoms with E-state index in [0.29, 0.717) is 31.7 Å². The normalized spacial score (nSPS) is 18.1. The van der Waals surface area contributed by atoms with Gasteiger partial charge in [-0.2, -0.15) is 0 Å². The van der Waals surface area contributed by atoms with Gasteiger partial charge in [-0.15, -0.1) is 0 Å². The molecule has 5 atom stereocenters. The summed E-state index contributed by atoms with van der Waals surface area (Å²) in [5, 5.41) is 28.1. The van der Waals surface area contributed by atoms with Crippen LogP contribution in [0.1, 0.15) is 81.9 Å². The van der Waals surface area contributed by atoms with E-state index in [4.69, 9.17) is 0 Å². The predicted molar refractivity (Wildman–Crippen MR) is 206 cm³/mol. The molecule has 0 bridgehead atoms. The molecule has 1 fully saturated rings. The molecule has 3 amide bonds. The van der Waals surface area contributed by atoms with Gasteiger partial charge in [0.25, 0.3) is 0 Å². The molecule has 2 aromatic rings. The number of aliphatic hydroxyl groups is 2. The van der Waals surface area contributed by atoms with Crippen molar-refractivity contribution in [3.8, 4) is 0 Å². The van der Waals surface area contributed by atoms with Gasteiger partial charge in [-0.25, -0.2) is 0 Å². The fourth-order valence-electron chi connectivity index (χ4n) is 7.61. The van der Waals surface area contributed by atoms with Gasteiger partial charge >= 0.3 is 265 Å². The summed E-state index contributed by atoms with van der Waals surface area (Å²) in [5.41, 5.74) is 3.65. The van der Waals surface area contributed by atoms with Gasteiger partial charge in [0.05, 0.1) is 0 Å². The van der Waals surface area contributed by atoms with E-state index in [-0.39, 0.29) is 30.5 Å². The molecule has 0 aromatic heterocycles. The van der Waals surface area contributed by atoms with Crippen molar-refractivity contribution in [2.75, 3.05) is 26.7 Å². The van der Waals surface area contributed by atoms with E-state index in [1.54, 1.807) is 18.9 Å². The second kappa shape index (κ2) is 20.6. The molecule has 9 nitrogen and oxygen atoms in total. The van der Waals surface area contributed by atoms with Crippen LogP contribution in [0.4, 0.5) is 0 Å². The van der Waals surface area contributed by atoms with Crippen LogP contribution in [0.15, 0.2) is 54.6 Å². The van der Waals surface area contributed by atoms with Crippen molar-refractivity contribution in [1.29, 1.82) is 0 Å². The van der Waals surface area contributed by atoms with Crippen molar-refractivity contribution in [1.82, 2.24) is 20.4 Å². The second-order valence-corrected chi connectivity index (χ2v) is 15.3. The van der Waals surface area contributed by atoms with E-state index in [1.165, 1.54) is 17.5 Å². The Kier molecular flexibility index (Phi) is 16.4. The fourth-order valence-corrected chi connectivity index (χ4v) is 7.61. The number of likely N-dealkylation sites (N-methyl/N-ethyl adjacent to an activating group) is 1. The molecule has 278 valence electrons. The third-order valence-corrected chi connectivity index (χ3v) is 10.7. The Morgan fingerprint density at radius 1 is 0.961 bits per heavy atom. The van der Waals surface area contributed by atoms with Crippen LogP contribution in [0.2, 0.25) is 6.32 Å². The molecule has 2 aromatic carbocycles. The number of hydrogen-bond donors (Lipinski definition) is 4. The predicted octanol–water partition coefficient (Wildman–Crippen LogP) is 4.01. The summed E-state index contributed by atoms with van der Waals surface area (Å²) in [7, 11) is 1.79. The van der Waals surface area contributed by atoms with Gasteiger partial charge in [-0.3, -0.25) is 0 Å². The molecule has 4 N–H and O–H groups in total. The molecular formula is C41H61BN4O5. The van der Waals surface area contributed by atoms with Crippen LogP contribution in [0.25, 0.3) is 0 Å². The fraction of sp³-hybridized carbons (Fsp3) is 0.610. The molecule has 4 unspecified atom stereocenters. The van der Waals surface area contributed by atoms with Crippen LogP contribution >= 0.6 is 0 Å². The van der Waals surface area contributed by atoms with Crippen molar-refractivity contribution in [3.63, 3.8) is 0 Å². The number of nitrogens with one attached hydrogen (secondary N) is 2. The Hall–Kier alpha value is -3.34. The maximum absolute atomic E-state index is 14.0. The first-order valence-corrected chi connectivity index (χ1v) is 19.2. The van der Waals surface area contributed by atoms with Crippen molar-refractivity contribution in [2.24, 2.45) is 17.8 Å². The van der Waals surface area contributed by atoms with Crippen LogP contribution in [-0.2, 0) is 33.8 Å². The Morgan fingerprint density at radius 2 is 1.65 bits per heavy atom. The van der Waals surface area contributed by atoms with Gasteiger partial charge in [0.15, 0.2) is 0 Å². The minimum atomic E-state index is -1.13. The number of hydrogen-bond acceptors (Lipinski definition) is 6. The number of aliphatic hydroxyl groups excluding tert-OH is 2. The first-order chi connectivity index (χ1) is 24.5. The summed E-state index contributed by atoms with van der Waals surface area (Å²) < 4.78 is 0. The van der Waals surface area contributed by atoms with Crippen LogP contribution in [0.3, 0.4) is 0 Å². The van der Waals surface area contributed by atoms with Crippen LogP contribution in [0, 0.1) is 17.8 Å². The number of benzene rings is 2. The molecule has 1 heterocycles. The van der Waals surface area contributed by atoms with Crippen LogP contribution in [-0.4, -0.2) is 102 Å². The number of nitrogens with zero attached hydrogens (tertiary/aromatic N) is 2. The Morgan fingerprint density at radius 3 is 2.33 bits per heavy atom. The van der Waals surface area contributed by atoms with Gasteiger partial charge in [-0.05, 0) is 17.5 Å². The second-order valence-electron chi connectivity index (χ2n) is 15.3. The van der Waals surface area contributed by atoms with E-state index in [0.717, 1.165) is 57.3 Å². The average Bonchev–Trinajstić information content (AvgIpc) is 3.13. The molecule has 0 radical (unpaired) electrons. The van der Waals surface area contributed by atoms with E-state index < -0.39 is 36.1 Å². The third kappa shape index (κ3) is 13.0. The summed E-state index contributed by atoms with van der Waals surface area (Å²) in [6.45, 7) is 12.5. The maximum atomic E-state index is 14.0. The number of amides is 3. The summed E-state index contributed by atoms with van der Waals surface area (Å²) in [6, 6.07) is 16.5. The van der Waals surface area contributed by atoms with Crippen molar-refractivity contribution in [3.05, 3.63) is 71.3 Å². The van der Waals surface area contributed by atoms with Gasteiger partial charge in [0.1, 0.15) is 0 Å². The Balaban J connectivity index is 1.42. The Bertz CT molecular complexity index is 1400. The van der Waals surface area contributed by atoms with Crippen molar-refractivity contribution < 1.29 is 24.6 Å². The molecule has 4 rings (SSSR count). The van der Waals surface area contributed by atoms with E-state index in [2.05, 4.69) is 46.3 Å². The van der Waals surface area contributed by atoms with Gasteiger partial charge in [-0.1, -0.05) is 24.3 Å². The molecule has 1 aliphatic heterocycles. The first kappa shape index (κ1) is 40.4. The Labute approximate surface area is 306 Å². The average molecular weight is 701 g/mol. The molecule has 0 saturated heterocycles. The number of rotatable bonds is 19. The van der Waals surface area contributed by atoms with Gasteiger partial charge < -0.3 is 0 Å². The molecule has 1 saturated carbocycles. The molecule has 0 spiro atoms. The summed E-state index contributed by atoms with van der Waals surface area (Å²) in [4.78, 5) is 45.5.